The minimum Gasteiger partial charge on any atom is -0.464 e. The van der Waals surface area contributed by atoms with Gasteiger partial charge in [-0.25, -0.2) is 24.0 Å². The lowest BCUT2D eigenvalue weighted by atomic mass is 9.99. The van der Waals surface area contributed by atoms with Crippen LogP contribution in [0.2, 0.25) is 0 Å². The summed E-state index contributed by atoms with van der Waals surface area (Å²) in [6, 6.07) is 16.2. The highest BCUT2D eigenvalue weighted by Gasteiger charge is 2.44. The minimum atomic E-state index is -1.70. The third kappa shape index (κ3) is 23.4. The number of ether oxygens (including phenoxy) is 8. The number of anilines is 1. The van der Waals surface area contributed by atoms with Crippen molar-refractivity contribution in [2.24, 2.45) is 0 Å². The first-order valence-corrected chi connectivity index (χ1v) is 26.2. The van der Waals surface area contributed by atoms with Crippen molar-refractivity contribution in [2.75, 3.05) is 51.6 Å². The molecule has 2 aliphatic rings. The molecule has 79 heavy (non-hydrogen) atoms. The molecular weight excluding hydrogens is 1030 g/mol. The van der Waals surface area contributed by atoms with Crippen molar-refractivity contribution in [3.63, 3.8) is 0 Å². The summed E-state index contributed by atoms with van der Waals surface area (Å²) in [5.74, 6) is -4.98. The number of nitrogens with zero attached hydrogens (tertiary/aromatic N) is 8. The number of benzene rings is 1. The van der Waals surface area contributed by atoms with E-state index in [1.165, 1.54) is 34.6 Å². The van der Waals surface area contributed by atoms with Gasteiger partial charge >= 0.3 is 35.9 Å². The van der Waals surface area contributed by atoms with E-state index in [4.69, 9.17) is 28.4 Å². The molecule has 0 fully saturated rings. The van der Waals surface area contributed by atoms with Gasteiger partial charge in [-0.05, 0) is 165 Å². The third-order valence-electron chi connectivity index (χ3n) is 10.8. The number of Topliss-reactive ketones (excluding diaryl/α,β-unsaturated/α-hetero) is 1. The predicted octanol–water partition coefficient (Wildman–Crippen LogP) is 5.37. The summed E-state index contributed by atoms with van der Waals surface area (Å²) in [6.45, 7) is 15.8. The second-order valence-corrected chi connectivity index (χ2v) is 16.6. The number of aliphatic hydroxyl groups is 1. The molecule has 1 amide bonds. The van der Waals surface area contributed by atoms with Gasteiger partial charge in [0.1, 0.15) is 0 Å². The average Bonchev–Trinajstić information content (AvgIpc) is 4.20. The molecule has 0 radical (unpaired) electrons. The van der Waals surface area contributed by atoms with Crippen molar-refractivity contribution < 1.29 is 71.8 Å². The van der Waals surface area contributed by atoms with Crippen molar-refractivity contribution >= 4 is 41.4 Å². The van der Waals surface area contributed by atoms with E-state index in [1.54, 1.807) is 97.3 Å². The fourth-order valence-corrected chi connectivity index (χ4v) is 7.58. The summed E-state index contributed by atoms with van der Waals surface area (Å²) in [4.78, 5) is 69.8. The highest BCUT2D eigenvalue weighted by Crippen LogP contribution is 2.38. The van der Waals surface area contributed by atoms with Gasteiger partial charge in [0.2, 0.25) is 11.9 Å². The Morgan fingerprint density at radius 2 is 1.04 bits per heavy atom. The molecule has 0 spiro atoms. The van der Waals surface area contributed by atoms with E-state index < -0.39 is 53.9 Å². The summed E-state index contributed by atoms with van der Waals surface area (Å²) >= 11 is 0. The number of hydrogen-bond acceptors (Lipinski definition) is 23. The van der Waals surface area contributed by atoms with Crippen LogP contribution >= 0.6 is 0 Å². The van der Waals surface area contributed by atoms with E-state index in [0.29, 0.717) is 36.9 Å². The largest absolute Gasteiger partial charge is 0.464 e. The lowest BCUT2D eigenvalue weighted by Crippen LogP contribution is -2.48. The van der Waals surface area contributed by atoms with Crippen molar-refractivity contribution in [1.29, 1.82) is 0 Å². The zero-order valence-corrected chi connectivity index (χ0v) is 46.2. The number of aryl methyl sites for hydroxylation is 3. The van der Waals surface area contributed by atoms with Crippen LogP contribution in [-0.2, 0) is 107 Å². The predicted molar refractivity (Wildman–Crippen MR) is 284 cm³/mol. The quantitative estimate of drug-likeness (QED) is 0.0381. The number of hydrogen-bond donors (Lipinski definition) is 2. The van der Waals surface area contributed by atoms with Gasteiger partial charge in [-0.15, -0.1) is 0 Å². The molecule has 5 aromatic rings. The van der Waals surface area contributed by atoms with Gasteiger partial charge < -0.3 is 43.0 Å². The number of aromatic nitrogens is 8. The summed E-state index contributed by atoms with van der Waals surface area (Å²) < 4.78 is 40.2. The van der Waals surface area contributed by atoms with Gasteiger partial charge in [0.15, 0.2) is 6.10 Å². The first kappa shape index (κ1) is 65.5. The normalized spacial score (nSPS) is 12.4. The van der Waals surface area contributed by atoms with Gasteiger partial charge in [-0.2, -0.15) is 40.8 Å². The maximum Gasteiger partial charge on any atom is 0.412 e. The van der Waals surface area contributed by atoms with E-state index in [1.807, 2.05) is 19.1 Å². The number of nitrogens with one attached hydrogen (secondary N) is 1. The average molecular weight is 1100 g/mol. The number of rotatable bonds is 22. The Morgan fingerprint density at radius 3 is 1.47 bits per heavy atom. The van der Waals surface area contributed by atoms with E-state index in [0.717, 1.165) is 49.9 Å². The lowest BCUT2D eigenvalue weighted by Gasteiger charge is -2.29. The molecule has 2 atom stereocenters. The van der Waals surface area contributed by atoms with Crippen molar-refractivity contribution in [1.82, 2.24) is 40.8 Å². The molecule has 0 aliphatic heterocycles. The molecule has 4 aromatic heterocycles. The van der Waals surface area contributed by atoms with Crippen molar-refractivity contribution in [2.45, 2.75) is 131 Å². The van der Waals surface area contributed by atoms with Crippen molar-refractivity contribution in [3.05, 3.63) is 124 Å². The van der Waals surface area contributed by atoms with E-state index in [2.05, 4.69) is 61.6 Å². The number of ketones is 1. The van der Waals surface area contributed by atoms with E-state index in [9.17, 15) is 33.9 Å². The Morgan fingerprint density at radius 1 is 0.570 bits per heavy atom. The fourth-order valence-electron chi connectivity index (χ4n) is 7.58. The maximum absolute atomic E-state index is 12.7. The number of aliphatic hydroxyl groups excluding tert-OH is 1. The smallest absolute Gasteiger partial charge is 0.412 e. The molecule has 24 nitrogen and oxygen atoms in total. The number of fused-ring (bicyclic) bond motifs is 2. The van der Waals surface area contributed by atoms with E-state index >= 15 is 0 Å². The Balaban J connectivity index is 0.000000281. The van der Waals surface area contributed by atoms with Gasteiger partial charge in [0.25, 0.3) is 0 Å². The number of carbonyl (C=O) groups is 6. The van der Waals surface area contributed by atoms with Crippen LogP contribution in [0.5, 0.6) is 0 Å². The highest BCUT2D eigenvalue weighted by atomic mass is 16.9. The molecule has 7 rings (SSSR count). The van der Waals surface area contributed by atoms with Crippen LogP contribution in [0.15, 0.2) is 79.4 Å². The lowest BCUT2D eigenvalue weighted by molar-refractivity contribution is -0.360. The molecule has 0 saturated heterocycles. The number of carbonyl (C=O) groups excluding carboxylic acids is 6. The maximum atomic E-state index is 12.7. The fraction of sp³-hybridized carbons (Fsp3) is 0.491. The molecule has 0 saturated carbocycles. The van der Waals surface area contributed by atoms with Gasteiger partial charge in [-0.1, -0.05) is 6.07 Å². The van der Waals surface area contributed by atoms with Crippen LogP contribution in [0.25, 0.3) is 0 Å². The second kappa shape index (κ2) is 37.1. The zero-order chi connectivity index (χ0) is 57.8. The molecule has 2 unspecified atom stereocenters. The monoisotopic (exact) mass is 1100 g/mol. The van der Waals surface area contributed by atoms with E-state index in [-0.39, 0.29) is 45.7 Å². The minimum absolute atomic E-state index is 0.0628. The van der Waals surface area contributed by atoms with Crippen LogP contribution in [0.3, 0.4) is 0 Å². The van der Waals surface area contributed by atoms with Crippen molar-refractivity contribution in [3.8, 4) is 0 Å². The number of amides is 1. The SMILES string of the molecule is CCOC(=O)C(=O)Cc1cccnn1.CCOC(=O)C(Cc1cccnn1)OC(=O)Nc1c2c(cc3c1CCC3)CCC2.CCOC(=O)C(O)Cc1cccnn1.CCOC(=O)C(OCC)(OCC)OCC.Cc1cccnn1. The highest BCUT2D eigenvalue weighted by molar-refractivity contribution is 6.34. The van der Waals surface area contributed by atoms with Gasteiger partial charge in [-0.3, -0.25) is 10.1 Å². The Kier molecular flexibility index (Phi) is 30.7. The Labute approximate surface area is 460 Å². The summed E-state index contributed by atoms with van der Waals surface area (Å²) in [5, 5.41) is 42.1. The number of esters is 4. The standard InChI is InChI=1S/C22H25N3O4.C10H20O5.C9H12N2O3.C9H10N2O3.C5H6N2/c1-2-28-21(26)19(13-16-8-5-11-23-25-16)29-22(27)24-20-17-9-3-6-14(17)12-15-7-4-10-18(15)20;1-5-12-9(11)10(13-6-2,14-7-3)15-8-4;2*1-2-14-9(13)8(12)6-7-4-3-5-10-11-7;1-5-3-2-4-6-7-5/h5,8,11-12,19H,2-4,6-7,9-10,13H2,1H3,(H,24,27);5-8H2,1-4H3;3-5,8,12H,2,6H2,1H3;3-5H,2,6H2,1H3;2-4H,1H3. The van der Waals surface area contributed by atoms with Crippen LogP contribution in [0.1, 0.15) is 106 Å². The van der Waals surface area contributed by atoms with Gasteiger partial charge in [0.05, 0.1) is 81.1 Å². The third-order valence-corrected chi connectivity index (χ3v) is 10.8. The van der Waals surface area contributed by atoms with Crippen LogP contribution in [0.4, 0.5) is 10.5 Å². The van der Waals surface area contributed by atoms with Crippen LogP contribution in [-0.4, -0.2) is 146 Å². The Bertz CT molecular complexity index is 2560. The zero-order valence-electron chi connectivity index (χ0n) is 46.2. The molecule has 4 heterocycles. The molecule has 2 N–H and O–H groups in total. The topological polar surface area (TPSA) is 312 Å². The molecule has 428 valence electrons. The first-order valence-electron chi connectivity index (χ1n) is 26.2. The van der Waals surface area contributed by atoms with Crippen LogP contribution in [0, 0.1) is 6.92 Å². The Hall–Kier alpha value is -7.80. The summed E-state index contributed by atoms with van der Waals surface area (Å²) in [5.41, 5.74) is 8.50. The molecular formula is C55H73N9O15. The molecule has 1 aromatic carbocycles. The van der Waals surface area contributed by atoms with Crippen LogP contribution < -0.4 is 5.32 Å². The molecule has 24 heteroatoms. The molecule has 0 bridgehead atoms. The second-order valence-electron chi connectivity index (χ2n) is 16.6. The first-order chi connectivity index (χ1) is 38.2. The summed E-state index contributed by atoms with van der Waals surface area (Å²) in [6.07, 6.45) is 9.75. The summed E-state index contributed by atoms with van der Waals surface area (Å²) in [7, 11) is 0. The molecule has 2 aliphatic carbocycles. The van der Waals surface area contributed by atoms with Gasteiger partial charge in [0, 0.05) is 37.6 Å².